The number of benzene rings is 1. The number of hydrogen-bond donors (Lipinski definition) is 1. The van der Waals surface area contributed by atoms with E-state index in [1.165, 1.54) is 12.8 Å². The predicted molar refractivity (Wildman–Crippen MR) is 101 cm³/mol. The van der Waals surface area contributed by atoms with Crippen LogP contribution < -0.4 is 10.1 Å². The maximum absolute atomic E-state index is 12.5. The Morgan fingerprint density at radius 1 is 1.16 bits per heavy atom. The molecular weight excluding hydrogens is 314 g/mol. The van der Waals surface area contributed by atoms with Crippen LogP contribution in [0.2, 0.25) is 0 Å². The fourth-order valence-electron chi connectivity index (χ4n) is 3.46. The van der Waals surface area contributed by atoms with E-state index in [4.69, 9.17) is 9.47 Å². The molecule has 0 spiro atoms. The molecule has 1 aliphatic carbocycles. The summed E-state index contributed by atoms with van der Waals surface area (Å²) in [6, 6.07) is 7.67. The molecule has 2 rings (SSSR count). The van der Waals surface area contributed by atoms with Crippen molar-refractivity contribution >= 4 is 5.91 Å². The van der Waals surface area contributed by atoms with E-state index in [0.717, 1.165) is 18.8 Å². The van der Waals surface area contributed by atoms with Crippen molar-refractivity contribution in [3.8, 4) is 5.75 Å². The van der Waals surface area contributed by atoms with Crippen molar-refractivity contribution in [2.45, 2.75) is 59.4 Å². The number of carbonyl (C=O) groups excluding carboxylic acids is 1. The quantitative estimate of drug-likeness (QED) is 0.742. The van der Waals surface area contributed by atoms with Gasteiger partial charge in [-0.2, -0.15) is 0 Å². The Bertz CT molecular complexity index is 542. The molecule has 0 aromatic heterocycles. The SMILES string of the molecule is CCOCCOc1cccc(C(=O)NC2CCC(C(C)(C)C)CC2)c1. The zero-order valence-electron chi connectivity index (χ0n) is 16.1. The van der Waals surface area contributed by atoms with Gasteiger partial charge in [0.25, 0.3) is 5.91 Å². The molecule has 0 saturated heterocycles. The topological polar surface area (TPSA) is 47.6 Å². The highest BCUT2D eigenvalue weighted by molar-refractivity contribution is 5.94. The number of rotatable bonds is 7. The highest BCUT2D eigenvalue weighted by Crippen LogP contribution is 2.37. The second-order valence-electron chi connectivity index (χ2n) is 7.96. The van der Waals surface area contributed by atoms with Crippen molar-refractivity contribution in [1.29, 1.82) is 0 Å². The molecule has 0 unspecified atom stereocenters. The Kier molecular flexibility index (Phi) is 7.30. The van der Waals surface area contributed by atoms with Crippen molar-refractivity contribution in [2.75, 3.05) is 19.8 Å². The van der Waals surface area contributed by atoms with Crippen molar-refractivity contribution in [3.05, 3.63) is 29.8 Å². The van der Waals surface area contributed by atoms with E-state index in [9.17, 15) is 4.79 Å². The van der Waals surface area contributed by atoms with Crippen LogP contribution >= 0.6 is 0 Å². The standard InChI is InChI=1S/C21H33NO3/c1-5-24-13-14-25-19-8-6-7-16(15-19)20(23)22-18-11-9-17(10-12-18)21(2,3)4/h6-8,15,17-18H,5,9-14H2,1-4H3,(H,22,23). The second-order valence-corrected chi connectivity index (χ2v) is 7.96. The van der Waals surface area contributed by atoms with Gasteiger partial charge in [-0.05, 0) is 62.1 Å². The summed E-state index contributed by atoms with van der Waals surface area (Å²) in [5, 5.41) is 3.19. The van der Waals surface area contributed by atoms with Gasteiger partial charge < -0.3 is 14.8 Å². The lowest BCUT2D eigenvalue weighted by Crippen LogP contribution is -2.39. The van der Waals surface area contributed by atoms with Crippen LogP contribution in [0.4, 0.5) is 0 Å². The highest BCUT2D eigenvalue weighted by Gasteiger charge is 2.30. The van der Waals surface area contributed by atoms with Crippen LogP contribution in [0.1, 0.15) is 63.7 Å². The fourth-order valence-corrected chi connectivity index (χ4v) is 3.46. The molecule has 25 heavy (non-hydrogen) atoms. The van der Waals surface area contributed by atoms with Gasteiger partial charge in [0.05, 0.1) is 6.61 Å². The molecule has 0 bridgehead atoms. The first-order chi connectivity index (χ1) is 11.9. The molecule has 1 saturated carbocycles. The average Bonchev–Trinajstić information content (AvgIpc) is 2.59. The molecule has 1 aliphatic rings. The van der Waals surface area contributed by atoms with Crippen LogP contribution in [0.3, 0.4) is 0 Å². The van der Waals surface area contributed by atoms with Crippen LogP contribution in [-0.4, -0.2) is 31.8 Å². The molecule has 0 atom stereocenters. The van der Waals surface area contributed by atoms with Gasteiger partial charge in [0, 0.05) is 18.2 Å². The molecule has 0 radical (unpaired) electrons. The molecule has 1 amide bonds. The van der Waals surface area contributed by atoms with Crippen molar-refractivity contribution < 1.29 is 14.3 Å². The molecule has 1 N–H and O–H groups in total. The van der Waals surface area contributed by atoms with Gasteiger partial charge >= 0.3 is 0 Å². The van der Waals surface area contributed by atoms with Crippen LogP contribution in [0, 0.1) is 11.3 Å². The van der Waals surface area contributed by atoms with Crippen molar-refractivity contribution in [1.82, 2.24) is 5.32 Å². The first-order valence-electron chi connectivity index (χ1n) is 9.51. The first kappa shape index (κ1) is 19.8. The lowest BCUT2D eigenvalue weighted by Gasteiger charge is -2.37. The van der Waals surface area contributed by atoms with E-state index in [1.807, 2.05) is 31.2 Å². The zero-order valence-corrected chi connectivity index (χ0v) is 16.1. The number of amides is 1. The van der Waals surface area contributed by atoms with Gasteiger partial charge in [-0.1, -0.05) is 26.8 Å². The maximum Gasteiger partial charge on any atom is 0.251 e. The van der Waals surface area contributed by atoms with Gasteiger partial charge in [0.15, 0.2) is 0 Å². The summed E-state index contributed by atoms with van der Waals surface area (Å²) in [5.74, 6) is 1.46. The maximum atomic E-state index is 12.5. The molecule has 0 heterocycles. The Morgan fingerprint density at radius 2 is 1.88 bits per heavy atom. The zero-order chi connectivity index (χ0) is 18.3. The minimum atomic E-state index is -0.00512. The average molecular weight is 347 g/mol. The van der Waals surface area contributed by atoms with Crippen molar-refractivity contribution in [3.63, 3.8) is 0 Å². The van der Waals surface area contributed by atoms with Gasteiger partial charge in [0.1, 0.15) is 12.4 Å². The molecular formula is C21H33NO3. The number of hydrogen-bond acceptors (Lipinski definition) is 3. The number of ether oxygens (including phenoxy) is 2. The van der Waals surface area contributed by atoms with E-state index in [2.05, 4.69) is 26.1 Å². The lowest BCUT2D eigenvalue weighted by molar-refractivity contribution is 0.0903. The summed E-state index contributed by atoms with van der Waals surface area (Å²) in [6.45, 7) is 10.6. The summed E-state index contributed by atoms with van der Waals surface area (Å²) in [6.07, 6.45) is 4.51. The minimum absolute atomic E-state index is 0.00512. The lowest BCUT2D eigenvalue weighted by atomic mass is 9.71. The molecule has 0 aliphatic heterocycles. The summed E-state index contributed by atoms with van der Waals surface area (Å²) >= 11 is 0. The van der Waals surface area contributed by atoms with E-state index in [0.29, 0.717) is 36.5 Å². The first-order valence-corrected chi connectivity index (χ1v) is 9.51. The smallest absolute Gasteiger partial charge is 0.251 e. The summed E-state index contributed by atoms with van der Waals surface area (Å²) in [4.78, 5) is 12.5. The fraction of sp³-hybridized carbons (Fsp3) is 0.667. The third-order valence-corrected chi connectivity index (χ3v) is 5.08. The number of nitrogens with one attached hydrogen (secondary N) is 1. The Hall–Kier alpha value is -1.55. The molecule has 1 aromatic carbocycles. The van der Waals surface area contributed by atoms with Crippen LogP contribution in [-0.2, 0) is 4.74 Å². The molecule has 1 fully saturated rings. The van der Waals surface area contributed by atoms with Gasteiger partial charge in [0.2, 0.25) is 0 Å². The van der Waals surface area contributed by atoms with Gasteiger partial charge in [-0.15, -0.1) is 0 Å². The third kappa shape index (κ3) is 6.35. The Morgan fingerprint density at radius 3 is 2.52 bits per heavy atom. The molecule has 1 aromatic rings. The molecule has 4 nitrogen and oxygen atoms in total. The van der Waals surface area contributed by atoms with Crippen molar-refractivity contribution in [2.24, 2.45) is 11.3 Å². The third-order valence-electron chi connectivity index (χ3n) is 5.08. The normalized spacial score (nSPS) is 21.0. The summed E-state index contributed by atoms with van der Waals surface area (Å²) in [7, 11) is 0. The number of carbonyl (C=O) groups is 1. The van der Waals surface area contributed by atoms with Crippen LogP contribution in [0.25, 0.3) is 0 Å². The monoisotopic (exact) mass is 347 g/mol. The molecule has 140 valence electrons. The van der Waals surface area contributed by atoms with Gasteiger partial charge in [-0.25, -0.2) is 0 Å². The minimum Gasteiger partial charge on any atom is -0.491 e. The Balaban J connectivity index is 1.83. The van der Waals surface area contributed by atoms with E-state index >= 15 is 0 Å². The van der Waals surface area contributed by atoms with Crippen LogP contribution in [0.5, 0.6) is 5.75 Å². The van der Waals surface area contributed by atoms with E-state index in [-0.39, 0.29) is 11.9 Å². The van der Waals surface area contributed by atoms with Gasteiger partial charge in [-0.3, -0.25) is 4.79 Å². The van der Waals surface area contributed by atoms with E-state index < -0.39 is 0 Å². The largest absolute Gasteiger partial charge is 0.491 e. The van der Waals surface area contributed by atoms with Crippen LogP contribution in [0.15, 0.2) is 24.3 Å². The highest BCUT2D eigenvalue weighted by atomic mass is 16.5. The Labute approximate surface area is 152 Å². The second kappa shape index (κ2) is 9.23. The predicted octanol–water partition coefficient (Wildman–Crippen LogP) is 4.44. The van der Waals surface area contributed by atoms with E-state index in [1.54, 1.807) is 0 Å². The molecule has 4 heteroatoms. The summed E-state index contributed by atoms with van der Waals surface area (Å²) in [5.41, 5.74) is 1.02. The summed E-state index contributed by atoms with van der Waals surface area (Å²) < 4.78 is 10.9.